The van der Waals surface area contributed by atoms with Gasteiger partial charge in [0.15, 0.2) is 0 Å². The summed E-state index contributed by atoms with van der Waals surface area (Å²) in [4.78, 5) is 27.4. The van der Waals surface area contributed by atoms with Gasteiger partial charge in [0.2, 0.25) is 10.9 Å². The van der Waals surface area contributed by atoms with Gasteiger partial charge in [-0.15, -0.1) is 0 Å². The first kappa shape index (κ1) is 29.8. The van der Waals surface area contributed by atoms with E-state index in [4.69, 9.17) is 9.15 Å². The number of aryl methyl sites for hydroxylation is 1. The van der Waals surface area contributed by atoms with Crippen molar-refractivity contribution in [3.8, 4) is 22.6 Å². The maximum atomic E-state index is 13.7. The Kier molecular flexibility index (Phi) is 7.93. The van der Waals surface area contributed by atoms with Gasteiger partial charge in [0, 0.05) is 22.6 Å². The van der Waals surface area contributed by atoms with Gasteiger partial charge in [-0.1, -0.05) is 97.1 Å². The van der Waals surface area contributed by atoms with Crippen LogP contribution in [0.25, 0.3) is 46.3 Å². The van der Waals surface area contributed by atoms with E-state index in [-0.39, 0.29) is 27.2 Å². The Morgan fingerprint density at radius 2 is 1.06 bits per heavy atom. The molecule has 0 saturated heterocycles. The second-order valence-corrected chi connectivity index (χ2v) is 11.9. The van der Waals surface area contributed by atoms with Crippen LogP contribution in [0.5, 0.6) is 0 Å². The molecule has 0 fully saturated rings. The van der Waals surface area contributed by atoms with Crippen molar-refractivity contribution in [1.82, 2.24) is 0 Å². The third-order valence-electron chi connectivity index (χ3n) is 8.77. The highest BCUT2D eigenvalue weighted by atomic mass is 16.5. The summed E-state index contributed by atoms with van der Waals surface area (Å²) < 4.78 is 12.9. The minimum absolute atomic E-state index is 0.175. The third kappa shape index (κ3) is 5.70. The number of benzene rings is 4. The lowest BCUT2D eigenvalue weighted by molar-refractivity contribution is 0.458. The van der Waals surface area contributed by atoms with E-state index in [1.807, 2.05) is 148 Å². The Morgan fingerprint density at radius 1 is 0.574 bits per heavy atom. The third-order valence-corrected chi connectivity index (χ3v) is 8.77. The van der Waals surface area contributed by atoms with Crippen LogP contribution >= 0.6 is 0 Å². The molecule has 7 rings (SSSR count). The van der Waals surface area contributed by atoms with Crippen LogP contribution in [0, 0.1) is 26.7 Å². The number of hydrogen-bond donors (Lipinski definition) is 0. The Bertz CT molecular complexity index is 2280. The van der Waals surface area contributed by atoms with E-state index >= 15 is 0 Å². The molecule has 0 radical (unpaired) electrons. The summed E-state index contributed by atoms with van der Waals surface area (Å²) in [5.41, 5.74) is 6.83. The van der Waals surface area contributed by atoms with Gasteiger partial charge in [0.05, 0.1) is 32.7 Å². The van der Waals surface area contributed by atoms with Crippen LogP contribution < -0.4 is 21.3 Å². The Balaban J connectivity index is 1.36. The number of hydrogen-bond acceptors (Lipinski definition) is 3. The average Bonchev–Trinajstić information content (AvgIpc) is 3.12. The zero-order chi connectivity index (χ0) is 32.5. The van der Waals surface area contributed by atoms with Crippen molar-refractivity contribution >= 4 is 23.7 Å². The SMILES string of the molecule is Cc1ccccc1C1=CC(C=c2c(=O)c(=Cc3c(C)c(-c4ccccc4)[o+]c(-c4ccccc4)c3C)c2=O)C=C(c2ccccc2)O1. The molecule has 0 amide bonds. The first-order valence-electron chi connectivity index (χ1n) is 15.7. The number of allylic oxidation sites excluding steroid dienone is 2. The molecule has 0 aliphatic carbocycles. The van der Waals surface area contributed by atoms with Crippen LogP contribution in [-0.4, -0.2) is 0 Å². The fourth-order valence-electron chi connectivity index (χ4n) is 6.21. The Hall–Kier alpha value is -5.87. The Morgan fingerprint density at radius 3 is 1.62 bits per heavy atom. The lowest BCUT2D eigenvalue weighted by Gasteiger charge is -2.22. The lowest BCUT2D eigenvalue weighted by Crippen LogP contribution is -2.64. The van der Waals surface area contributed by atoms with Crippen molar-refractivity contribution in [1.29, 1.82) is 0 Å². The topological polar surface area (TPSA) is 54.7 Å². The first-order valence-corrected chi connectivity index (χ1v) is 15.7. The van der Waals surface area contributed by atoms with Crippen LogP contribution in [0.3, 0.4) is 0 Å². The second-order valence-electron chi connectivity index (χ2n) is 11.9. The summed E-state index contributed by atoms with van der Waals surface area (Å²) in [5, 5.41) is 0.365. The van der Waals surface area contributed by atoms with Crippen molar-refractivity contribution in [2.24, 2.45) is 5.92 Å². The van der Waals surface area contributed by atoms with Crippen LogP contribution in [0.1, 0.15) is 33.4 Å². The molecule has 6 aromatic rings. The van der Waals surface area contributed by atoms with Crippen LogP contribution in [0.4, 0.5) is 0 Å². The molecule has 0 bridgehead atoms. The van der Waals surface area contributed by atoms with Crippen molar-refractivity contribution in [3.05, 3.63) is 192 Å². The molecule has 0 saturated carbocycles. The average molecular weight is 614 g/mol. The predicted octanol–water partition coefficient (Wildman–Crippen LogP) is 7.75. The van der Waals surface area contributed by atoms with Gasteiger partial charge < -0.3 is 4.74 Å². The molecule has 5 aromatic carbocycles. The quantitative estimate of drug-likeness (QED) is 0.180. The zero-order valence-electron chi connectivity index (χ0n) is 26.5. The molecule has 1 aliphatic heterocycles. The fraction of sp³-hybridized carbons (Fsp3) is 0.0930. The van der Waals surface area contributed by atoms with Gasteiger partial charge in [-0.3, -0.25) is 9.59 Å². The lowest BCUT2D eigenvalue weighted by atomic mass is 9.94. The number of ether oxygens (including phenoxy) is 1. The highest BCUT2D eigenvalue weighted by Crippen LogP contribution is 2.36. The predicted molar refractivity (Wildman–Crippen MR) is 190 cm³/mol. The summed E-state index contributed by atoms with van der Waals surface area (Å²) in [6, 6.07) is 37.7. The maximum absolute atomic E-state index is 13.7. The zero-order valence-corrected chi connectivity index (χ0v) is 26.5. The van der Waals surface area contributed by atoms with Gasteiger partial charge in [-0.25, -0.2) is 4.42 Å². The van der Waals surface area contributed by atoms with Crippen LogP contribution in [0.15, 0.2) is 141 Å². The van der Waals surface area contributed by atoms with Gasteiger partial charge >= 0.3 is 11.5 Å². The van der Waals surface area contributed by atoms with Crippen molar-refractivity contribution in [2.75, 3.05) is 0 Å². The smallest absolute Gasteiger partial charge is 0.364 e. The molecule has 0 spiro atoms. The molecule has 2 heterocycles. The van der Waals surface area contributed by atoms with E-state index < -0.39 is 0 Å². The summed E-state index contributed by atoms with van der Waals surface area (Å²) in [7, 11) is 0. The molecule has 4 nitrogen and oxygen atoms in total. The summed E-state index contributed by atoms with van der Waals surface area (Å²) in [5.74, 6) is 2.47. The molecule has 0 N–H and O–H groups in total. The minimum Gasteiger partial charge on any atom is -0.457 e. The molecular formula is C43H33O4+. The highest BCUT2D eigenvalue weighted by Gasteiger charge is 2.28. The van der Waals surface area contributed by atoms with Crippen molar-refractivity contribution < 1.29 is 9.15 Å². The first-order chi connectivity index (χ1) is 22.9. The van der Waals surface area contributed by atoms with Crippen LogP contribution in [-0.2, 0) is 4.74 Å². The minimum atomic E-state index is -0.314. The second kappa shape index (κ2) is 12.5. The van der Waals surface area contributed by atoms with Crippen molar-refractivity contribution in [2.45, 2.75) is 20.8 Å². The molecule has 1 unspecified atom stereocenters. The normalized spacial score (nSPS) is 14.2. The van der Waals surface area contributed by atoms with Gasteiger partial charge in [0.1, 0.15) is 11.5 Å². The van der Waals surface area contributed by atoms with Gasteiger partial charge in [-0.2, -0.15) is 0 Å². The highest BCUT2D eigenvalue weighted by molar-refractivity contribution is 5.77. The monoisotopic (exact) mass is 613 g/mol. The molecule has 47 heavy (non-hydrogen) atoms. The molecular weight excluding hydrogens is 580 g/mol. The van der Waals surface area contributed by atoms with E-state index in [2.05, 4.69) is 0 Å². The Labute approximate surface area is 273 Å². The van der Waals surface area contributed by atoms with E-state index in [9.17, 15) is 9.59 Å². The number of rotatable bonds is 6. The molecule has 228 valence electrons. The fourth-order valence-corrected chi connectivity index (χ4v) is 6.21. The van der Waals surface area contributed by atoms with E-state index in [1.165, 1.54) is 0 Å². The maximum Gasteiger partial charge on any atom is 0.364 e. The molecule has 1 aromatic heterocycles. The van der Waals surface area contributed by atoms with Gasteiger partial charge in [0.25, 0.3) is 0 Å². The largest absolute Gasteiger partial charge is 0.457 e. The standard InChI is InChI=1S/C43H33O4/c1-27-15-13-14-22-34(27)39-25-30(24-38(46-39)31-16-7-4-8-17-31)23-36-40(44)37(41(36)45)26-35-28(2)42(32-18-9-5-10-19-32)47-43(29(35)3)33-20-11-6-12-21-33/h4-26,30H,1-3H3/q+1. The summed E-state index contributed by atoms with van der Waals surface area (Å²) in [6.45, 7) is 5.98. The van der Waals surface area contributed by atoms with Crippen molar-refractivity contribution in [3.63, 3.8) is 0 Å². The molecule has 1 aliphatic rings. The van der Waals surface area contributed by atoms with E-state index in [0.717, 1.165) is 44.5 Å². The van der Waals surface area contributed by atoms with E-state index in [1.54, 1.807) is 12.2 Å². The van der Waals surface area contributed by atoms with Gasteiger partial charge in [-0.05, 0) is 68.8 Å². The summed E-state index contributed by atoms with van der Waals surface area (Å²) >= 11 is 0. The molecule has 4 heteroatoms. The summed E-state index contributed by atoms with van der Waals surface area (Å²) in [6.07, 6.45) is 7.43. The molecule has 1 atom stereocenters. The van der Waals surface area contributed by atoms with E-state index in [0.29, 0.717) is 23.0 Å². The van der Waals surface area contributed by atoms with Crippen LogP contribution in [0.2, 0.25) is 0 Å².